The summed E-state index contributed by atoms with van der Waals surface area (Å²) < 4.78 is 2.82. The normalized spacial score (nSPS) is 10.7. The maximum atomic E-state index is 13.5. The zero-order valence-corrected chi connectivity index (χ0v) is 23.5. The molecule has 0 saturated carbocycles. The quantitative estimate of drug-likeness (QED) is 0.245. The fourth-order valence-corrected chi connectivity index (χ4v) is 4.93. The first-order valence-electron chi connectivity index (χ1n) is 13.1. The van der Waals surface area contributed by atoms with E-state index in [2.05, 4.69) is 33.5 Å². The highest BCUT2D eigenvalue weighted by Gasteiger charge is 2.21. The molecule has 7 nitrogen and oxygen atoms in total. The van der Waals surface area contributed by atoms with Gasteiger partial charge in [0.05, 0.1) is 4.47 Å². The molecule has 0 unspecified atom stereocenters. The summed E-state index contributed by atoms with van der Waals surface area (Å²) in [6.45, 7) is 3.68. The van der Waals surface area contributed by atoms with E-state index in [-0.39, 0.29) is 37.2 Å². The molecule has 8 heteroatoms. The van der Waals surface area contributed by atoms with Crippen LogP contribution in [-0.4, -0.2) is 37.4 Å². The Labute approximate surface area is 237 Å². The van der Waals surface area contributed by atoms with Gasteiger partial charge in [0, 0.05) is 43.7 Å². The summed E-state index contributed by atoms with van der Waals surface area (Å²) >= 11 is 3.51. The number of nitrogens with one attached hydrogen (secondary N) is 2. The molecule has 0 aliphatic carbocycles. The van der Waals surface area contributed by atoms with E-state index >= 15 is 0 Å². The molecule has 0 aliphatic heterocycles. The monoisotopic (exact) mass is 587 g/mol. The Hall–Kier alpha value is -4.04. The van der Waals surface area contributed by atoms with Crippen molar-refractivity contribution in [1.82, 2.24) is 10.6 Å². The van der Waals surface area contributed by atoms with Gasteiger partial charge in [-0.05, 0) is 51.0 Å². The Bertz CT molecular complexity index is 1450. The summed E-state index contributed by atoms with van der Waals surface area (Å²) in [7, 11) is 0. The highest BCUT2D eigenvalue weighted by Crippen LogP contribution is 2.19. The number of carbonyl (C=O) groups excluding carboxylic acids is 3. The lowest BCUT2D eigenvalue weighted by Gasteiger charge is -2.23. The minimum absolute atomic E-state index is 0.137. The molecule has 0 bridgehead atoms. The number of para-hydroxylation sites is 1. The van der Waals surface area contributed by atoms with Crippen LogP contribution in [0.15, 0.2) is 95.7 Å². The van der Waals surface area contributed by atoms with Crippen LogP contribution in [0.25, 0.3) is 10.8 Å². The standard InChI is InChI=1S/C31H31BrN4O3/c1-2-18-35-21-24(20-25(32)22-35)31(39)36(26-11-4-3-5-12-26)19-17-33-29(37)15-16-34-30(38)28-14-8-10-23-9-6-7-13-27(23)28/h3-14,20-22H,2,15-19H2,1H3,(H-,33,34,37,38)/p+1. The molecule has 3 amide bonds. The summed E-state index contributed by atoms with van der Waals surface area (Å²) in [6.07, 6.45) is 4.89. The number of benzene rings is 3. The molecule has 0 saturated heterocycles. The van der Waals surface area contributed by atoms with Gasteiger partial charge in [0.25, 0.3) is 11.8 Å². The highest BCUT2D eigenvalue weighted by molar-refractivity contribution is 9.10. The van der Waals surface area contributed by atoms with Crippen LogP contribution in [0.3, 0.4) is 0 Å². The zero-order valence-electron chi connectivity index (χ0n) is 21.9. The van der Waals surface area contributed by atoms with Crippen LogP contribution >= 0.6 is 15.9 Å². The van der Waals surface area contributed by atoms with Gasteiger partial charge in [-0.1, -0.05) is 61.5 Å². The van der Waals surface area contributed by atoms with Crippen molar-refractivity contribution in [1.29, 1.82) is 0 Å². The van der Waals surface area contributed by atoms with E-state index in [0.29, 0.717) is 17.7 Å². The number of carbonyl (C=O) groups is 3. The molecule has 0 fully saturated rings. The predicted molar refractivity (Wildman–Crippen MR) is 157 cm³/mol. The lowest BCUT2D eigenvalue weighted by molar-refractivity contribution is -0.697. The number of anilines is 1. The van der Waals surface area contributed by atoms with Crippen molar-refractivity contribution in [3.8, 4) is 0 Å². The van der Waals surface area contributed by atoms with Gasteiger partial charge >= 0.3 is 0 Å². The second-order valence-corrected chi connectivity index (χ2v) is 10.1. The molecule has 39 heavy (non-hydrogen) atoms. The van der Waals surface area contributed by atoms with Crippen LogP contribution in [0.5, 0.6) is 0 Å². The maximum absolute atomic E-state index is 13.5. The van der Waals surface area contributed by atoms with Crippen LogP contribution in [0.2, 0.25) is 0 Å². The second-order valence-electron chi connectivity index (χ2n) is 9.16. The Morgan fingerprint density at radius 2 is 1.62 bits per heavy atom. The van der Waals surface area contributed by atoms with E-state index in [4.69, 9.17) is 0 Å². The van der Waals surface area contributed by atoms with E-state index in [1.54, 1.807) is 11.0 Å². The summed E-state index contributed by atoms with van der Waals surface area (Å²) in [5.41, 5.74) is 1.89. The minimum atomic E-state index is -0.213. The summed E-state index contributed by atoms with van der Waals surface area (Å²) in [4.78, 5) is 40.4. The molecular formula is C31H32BrN4O3+. The van der Waals surface area contributed by atoms with E-state index in [1.807, 2.05) is 89.8 Å². The first kappa shape index (κ1) is 28.0. The number of amides is 3. The fourth-order valence-electron chi connectivity index (χ4n) is 4.42. The van der Waals surface area contributed by atoms with E-state index in [9.17, 15) is 14.4 Å². The van der Waals surface area contributed by atoms with Crippen molar-refractivity contribution in [2.75, 3.05) is 24.5 Å². The third-order valence-electron chi connectivity index (χ3n) is 6.26. The van der Waals surface area contributed by atoms with Crippen molar-refractivity contribution in [2.24, 2.45) is 0 Å². The molecule has 0 aliphatic rings. The van der Waals surface area contributed by atoms with Gasteiger partial charge in [-0.2, -0.15) is 0 Å². The van der Waals surface area contributed by atoms with Crippen molar-refractivity contribution in [2.45, 2.75) is 26.3 Å². The maximum Gasteiger partial charge on any atom is 0.264 e. The fraction of sp³-hybridized carbons (Fsp3) is 0.226. The van der Waals surface area contributed by atoms with Gasteiger partial charge in [-0.25, -0.2) is 4.57 Å². The largest absolute Gasteiger partial charge is 0.354 e. The molecule has 3 aromatic carbocycles. The number of hydrogen-bond acceptors (Lipinski definition) is 3. The zero-order chi connectivity index (χ0) is 27.6. The summed E-state index contributed by atoms with van der Waals surface area (Å²) in [5, 5.41) is 7.58. The Kier molecular flexibility index (Phi) is 9.80. The van der Waals surface area contributed by atoms with Crippen LogP contribution in [0.1, 0.15) is 40.5 Å². The molecule has 0 spiro atoms. The van der Waals surface area contributed by atoms with Gasteiger partial charge in [0.2, 0.25) is 5.91 Å². The van der Waals surface area contributed by atoms with Gasteiger partial charge in [-0.15, -0.1) is 0 Å². The van der Waals surface area contributed by atoms with Gasteiger partial charge in [-0.3, -0.25) is 14.4 Å². The molecule has 4 aromatic rings. The summed E-state index contributed by atoms with van der Waals surface area (Å²) in [6, 6.07) is 24.5. The average molecular weight is 589 g/mol. The first-order valence-corrected chi connectivity index (χ1v) is 13.8. The third kappa shape index (κ3) is 7.51. The molecule has 1 heterocycles. The second kappa shape index (κ2) is 13.7. The smallest absolute Gasteiger partial charge is 0.264 e. The van der Waals surface area contributed by atoms with Gasteiger partial charge in [0.1, 0.15) is 12.1 Å². The van der Waals surface area contributed by atoms with Crippen molar-refractivity contribution >= 4 is 50.1 Å². The summed E-state index contributed by atoms with van der Waals surface area (Å²) in [5.74, 6) is -0.560. The molecule has 0 radical (unpaired) electrons. The number of nitrogens with zero attached hydrogens (tertiary/aromatic N) is 2. The topological polar surface area (TPSA) is 82.4 Å². The molecule has 4 rings (SSSR count). The lowest BCUT2D eigenvalue weighted by atomic mass is 10.0. The van der Waals surface area contributed by atoms with E-state index in [0.717, 1.165) is 33.9 Å². The average Bonchev–Trinajstić information content (AvgIpc) is 2.95. The van der Waals surface area contributed by atoms with Crippen LogP contribution < -0.4 is 20.1 Å². The van der Waals surface area contributed by atoms with Gasteiger partial charge in [0.15, 0.2) is 12.4 Å². The Morgan fingerprint density at radius 3 is 2.41 bits per heavy atom. The van der Waals surface area contributed by atoms with Crippen LogP contribution in [-0.2, 0) is 11.3 Å². The molecular weight excluding hydrogens is 556 g/mol. The number of pyridine rings is 1. The first-order chi connectivity index (χ1) is 19.0. The van der Waals surface area contributed by atoms with Crippen molar-refractivity contribution in [3.63, 3.8) is 0 Å². The minimum Gasteiger partial charge on any atom is -0.354 e. The molecule has 2 N–H and O–H groups in total. The number of hydrogen-bond donors (Lipinski definition) is 2. The predicted octanol–water partition coefficient (Wildman–Crippen LogP) is 4.88. The van der Waals surface area contributed by atoms with E-state index in [1.165, 1.54) is 0 Å². The van der Waals surface area contributed by atoms with Crippen molar-refractivity contribution in [3.05, 3.63) is 107 Å². The number of fused-ring (bicyclic) bond motifs is 1. The lowest BCUT2D eigenvalue weighted by Crippen LogP contribution is -2.41. The van der Waals surface area contributed by atoms with E-state index < -0.39 is 0 Å². The number of halogens is 1. The number of aryl methyl sites for hydroxylation is 1. The highest BCUT2D eigenvalue weighted by atomic mass is 79.9. The molecule has 0 atom stereocenters. The number of aromatic nitrogens is 1. The van der Waals surface area contributed by atoms with Gasteiger partial charge < -0.3 is 15.5 Å². The molecule has 1 aromatic heterocycles. The Morgan fingerprint density at radius 1 is 0.872 bits per heavy atom. The van der Waals surface area contributed by atoms with Crippen LogP contribution in [0, 0.1) is 0 Å². The molecule has 200 valence electrons. The van der Waals surface area contributed by atoms with Crippen LogP contribution in [0.4, 0.5) is 5.69 Å². The SMILES string of the molecule is CCC[n+]1cc(Br)cc(C(=O)N(CCNC(=O)CCNC(=O)c2cccc3ccccc23)c2ccccc2)c1. The number of rotatable bonds is 11. The van der Waals surface area contributed by atoms with Crippen molar-refractivity contribution < 1.29 is 19.0 Å². The third-order valence-corrected chi connectivity index (χ3v) is 6.69. The Balaban J connectivity index is 1.33.